The zero-order valence-corrected chi connectivity index (χ0v) is 10.6. The van der Waals surface area contributed by atoms with Crippen LogP contribution in [0.1, 0.15) is 24.5 Å². The molecule has 0 aromatic heterocycles. The minimum absolute atomic E-state index is 0.105. The van der Waals surface area contributed by atoms with Crippen LogP contribution in [-0.4, -0.2) is 23.7 Å². The Morgan fingerprint density at radius 2 is 2.28 bits per heavy atom. The summed E-state index contributed by atoms with van der Waals surface area (Å²) in [5, 5.41) is 18.5. The molecule has 18 heavy (non-hydrogen) atoms. The van der Waals surface area contributed by atoms with E-state index >= 15 is 0 Å². The van der Waals surface area contributed by atoms with Crippen molar-refractivity contribution in [3.8, 4) is 6.07 Å². The molecule has 4 heteroatoms. The van der Waals surface area contributed by atoms with E-state index in [1.165, 1.54) is 0 Å². The zero-order chi connectivity index (χ0) is 13.3. The molecule has 0 bridgehead atoms. The fraction of sp³-hybridized carbons (Fsp3) is 0.429. The van der Waals surface area contributed by atoms with Crippen molar-refractivity contribution in [3.63, 3.8) is 0 Å². The van der Waals surface area contributed by atoms with Crippen LogP contribution >= 0.6 is 0 Å². The van der Waals surface area contributed by atoms with Crippen molar-refractivity contribution in [3.05, 3.63) is 29.3 Å². The van der Waals surface area contributed by atoms with Gasteiger partial charge < -0.3 is 10.0 Å². The van der Waals surface area contributed by atoms with Crippen LogP contribution in [-0.2, 0) is 4.79 Å². The fourth-order valence-electron chi connectivity index (χ4n) is 2.70. The van der Waals surface area contributed by atoms with Crippen molar-refractivity contribution < 1.29 is 9.90 Å². The molecule has 1 aromatic carbocycles. The van der Waals surface area contributed by atoms with Gasteiger partial charge in [0.1, 0.15) is 12.1 Å². The molecule has 2 rings (SSSR count). The van der Waals surface area contributed by atoms with E-state index in [1.54, 1.807) is 6.07 Å². The largest absolute Gasteiger partial charge is 0.480 e. The van der Waals surface area contributed by atoms with Crippen LogP contribution in [0.25, 0.3) is 0 Å². The number of para-hydroxylation sites is 1. The highest BCUT2D eigenvalue weighted by Crippen LogP contribution is 2.34. The highest BCUT2D eigenvalue weighted by atomic mass is 16.4. The topological polar surface area (TPSA) is 64.3 Å². The summed E-state index contributed by atoms with van der Waals surface area (Å²) in [6.07, 6.45) is 0.843. The minimum Gasteiger partial charge on any atom is -0.480 e. The van der Waals surface area contributed by atoms with Gasteiger partial charge in [-0.15, -0.1) is 0 Å². The number of hydrogen-bond donors (Lipinski definition) is 1. The maximum absolute atomic E-state index is 11.4. The minimum atomic E-state index is -0.813. The van der Waals surface area contributed by atoms with Gasteiger partial charge in [0.2, 0.25) is 0 Å². The number of hydrogen-bond acceptors (Lipinski definition) is 3. The van der Waals surface area contributed by atoms with Crippen molar-refractivity contribution in [2.75, 3.05) is 11.4 Å². The Balaban J connectivity index is 2.49. The maximum Gasteiger partial charge on any atom is 0.326 e. The summed E-state index contributed by atoms with van der Waals surface area (Å²) in [4.78, 5) is 13.2. The van der Waals surface area contributed by atoms with E-state index in [4.69, 9.17) is 5.26 Å². The Bertz CT molecular complexity index is 519. The second-order valence-corrected chi connectivity index (χ2v) is 4.83. The molecule has 2 atom stereocenters. The molecular formula is C14H16N2O2. The Kier molecular flexibility index (Phi) is 3.24. The SMILES string of the molecule is Cc1cccc(C#N)c1N1CCC(C)C1C(=O)O. The number of rotatable bonds is 2. The number of aliphatic carboxylic acids is 1. The van der Waals surface area contributed by atoms with Crippen LogP contribution in [0.3, 0.4) is 0 Å². The molecule has 1 N–H and O–H groups in total. The molecule has 1 saturated heterocycles. The predicted molar refractivity (Wildman–Crippen MR) is 68.4 cm³/mol. The summed E-state index contributed by atoms with van der Waals surface area (Å²) in [6, 6.07) is 7.10. The number of benzene rings is 1. The molecule has 0 spiro atoms. The molecule has 0 amide bonds. The lowest BCUT2D eigenvalue weighted by Crippen LogP contribution is -2.39. The van der Waals surface area contributed by atoms with Gasteiger partial charge in [-0.3, -0.25) is 0 Å². The maximum atomic E-state index is 11.4. The third-order valence-electron chi connectivity index (χ3n) is 3.60. The molecule has 2 unspecified atom stereocenters. The van der Waals surface area contributed by atoms with Gasteiger partial charge >= 0.3 is 5.97 Å². The fourth-order valence-corrected chi connectivity index (χ4v) is 2.70. The number of carboxylic acids is 1. The van der Waals surface area contributed by atoms with Gasteiger partial charge in [-0.25, -0.2) is 4.79 Å². The van der Waals surface area contributed by atoms with Crippen LogP contribution in [0.4, 0.5) is 5.69 Å². The molecule has 1 fully saturated rings. The third kappa shape index (κ3) is 1.92. The Morgan fingerprint density at radius 3 is 2.89 bits per heavy atom. The van der Waals surface area contributed by atoms with Gasteiger partial charge in [-0.1, -0.05) is 19.1 Å². The molecule has 1 aromatic rings. The highest BCUT2D eigenvalue weighted by molar-refractivity contribution is 5.81. The van der Waals surface area contributed by atoms with E-state index < -0.39 is 12.0 Å². The predicted octanol–water partition coefficient (Wildman–Crippen LogP) is 2.17. The average Bonchev–Trinajstić information content (AvgIpc) is 2.70. The Morgan fingerprint density at radius 1 is 1.56 bits per heavy atom. The first kappa shape index (κ1) is 12.4. The first-order valence-corrected chi connectivity index (χ1v) is 6.05. The van der Waals surface area contributed by atoms with E-state index in [2.05, 4.69) is 6.07 Å². The second kappa shape index (κ2) is 4.69. The van der Waals surface area contributed by atoms with Crippen LogP contribution in [0.15, 0.2) is 18.2 Å². The van der Waals surface area contributed by atoms with E-state index in [0.29, 0.717) is 12.1 Å². The zero-order valence-electron chi connectivity index (χ0n) is 10.6. The second-order valence-electron chi connectivity index (χ2n) is 4.83. The van der Waals surface area contributed by atoms with Gasteiger partial charge in [-0.05, 0) is 30.9 Å². The monoisotopic (exact) mass is 244 g/mol. The van der Waals surface area contributed by atoms with Gasteiger partial charge in [0.15, 0.2) is 0 Å². The van der Waals surface area contributed by atoms with Gasteiger partial charge in [0.25, 0.3) is 0 Å². The van der Waals surface area contributed by atoms with E-state index in [1.807, 2.05) is 30.9 Å². The number of nitrogens with zero attached hydrogens (tertiary/aromatic N) is 2. The van der Waals surface area contributed by atoms with Crippen LogP contribution in [0.2, 0.25) is 0 Å². The molecule has 1 aliphatic rings. The van der Waals surface area contributed by atoms with E-state index in [0.717, 1.165) is 17.7 Å². The summed E-state index contributed by atoms with van der Waals surface area (Å²) < 4.78 is 0. The number of nitriles is 1. The molecule has 1 heterocycles. The molecule has 0 aliphatic carbocycles. The van der Waals surface area contributed by atoms with Gasteiger partial charge in [-0.2, -0.15) is 5.26 Å². The van der Waals surface area contributed by atoms with Crippen LogP contribution in [0, 0.1) is 24.2 Å². The van der Waals surface area contributed by atoms with Crippen molar-refractivity contribution in [1.82, 2.24) is 0 Å². The summed E-state index contributed by atoms with van der Waals surface area (Å²) in [7, 11) is 0. The molecule has 0 radical (unpaired) electrons. The normalized spacial score (nSPS) is 22.8. The molecule has 1 aliphatic heterocycles. The first-order valence-electron chi connectivity index (χ1n) is 6.05. The van der Waals surface area contributed by atoms with Gasteiger partial charge in [0, 0.05) is 6.54 Å². The number of aryl methyl sites for hydroxylation is 1. The number of carboxylic acid groups (broad SMARTS) is 1. The Hall–Kier alpha value is -2.02. The van der Waals surface area contributed by atoms with E-state index in [-0.39, 0.29) is 5.92 Å². The standard InChI is InChI=1S/C14H16N2O2/c1-9-4-3-5-11(8-15)12(9)16-7-6-10(2)13(16)14(17)18/h3-5,10,13H,6-7H2,1-2H3,(H,17,18). The summed E-state index contributed by atoms with van der Waals surface area (Å²) in [6.45, 7) is 4.55. The first-order chi connectivity index (χ1) is 8.56. The van der Waals surface area contributed by atoms with E-state index in [9.17, 15) is 9.90 Å². The summed E-state index contributed by atoms with van der Waals surface area (Å²) in [5.74, 6) is -0.708. The number of anilines is 1. The lowest BCUT2D eigenvalue weighted by atomic mass is 10.0. The van der Waals surface area contributed by atoms with Crippen LogP contribution in [0.5, 0.6) is 0 Å². The Labute approximate surface area is 106 Å². The van der Waals surface area contributed by atoms with Crippen LogP contribution < -0.4 is 4.90 Å². The summed E-state index contributed by atoms with van der Waals surface area (Å²) in [5.41, 5.74) is 2.28. The highest BCUT2D eigenvalue weighted by Gasteiger charge is 2.38. The smallest absolute Gasteiger partial charge is 0.326 e. The quantitative estimate of drug-likeness (QED) is 0.865. The van der Waals surface area contributed by atoms with Gasteiger partial charge in [0.05, 0.1) is 11.3 Å². The molecular weight excluding hydrogens is 228 g/mol. The van der Waals surface area contributed by atoms with Crippen molar-refractivity contribution in [1.29, 1.82) is 5.26 Å². The number of carbonyl (C=O) groups is 1. The van der Waals surface area contributed by atoms with Crippen molar-refractivity contribution in [2.45, 2.75) is 26.3 Å². The molecule has 94 valence electrons. The van der Waals surface area contributed by atoms with Crippen molar-refractivity contribution in [2.24, 2.45) is 5.92 Å². The molecule has 0 saturated carbocycles. The lowest BCUT2D eigenvalue weighted by Gasteiger charge is -2.27. The average molecular weight is 244 g/mol. The molecule has 4 nitrogen and oxygen atoms in total. The third-order valence-corrected chi connectivity index (χ3v) is 3.60. The summed E-state index contributed by atoms with van der Waals surface area (Å²) >= 11 is 0. The van der Waals surface area contributed by atoms with Crippen molar-refractivity contribution >= 4 is 11.7 Å². The lowest BCUT2D eigenvalue weighted by molar-refractivity contribution is -0.139.